The Kier molecular flexibility index (Phi) is 5.04. The van der Waals surface area contributed by atoms with Crippen LogP contribution >= 0.6 is 0 Å². The first-order valence-electron chi connectivity index (χ1n) is 6.13. The van der Waals surface area contributed by atoms with Gasteiger partial charge in [0.15, 0.2) is 0 Å². The van der Waals surface area contributed by atoms with E-state index in [2.05, 4.69) is 30.7 Å². The van der Waals surface area contributed by atoms with Crippen molar-refractivity contribution in [2.24, 2.45) is 11.1 Å². The average Bonchev–Trinajstić information content (AvgIpc) is 2.33. The summed E-state index contributed by atoms with van der Waals surface area (Å²) in [4.78, 5) is 8.40. The van der Waals surface area contributed by atoms with Gasteiger partial charge in [-0.2, -0.15) is 0 Å². The van der Waals surface area contributed by atoms with E-state index in [0.29, 0.717) is 18.2 Å². The van der Waals surface area contributed by atoms with Gasteiger partial charge < -0.3 is 15.2 Å². The van der Waals surface area contributed by atoms with Gasteiger partial charge in [0.1, 0.15) is 5.69 Å². The molecule has 0 aliphatic rings. The van der Waals surface area contributed by atoms with Gasteiger partial charge >= 0.3 is 0 Å². The maximum absolute atomic E-state index is 6.28. The second-order valence-electron chi connectivity index (χ2n) is 5.22. The van der Waals surface area contributed by atoms with Gasteiger partial charge in [0, 0.05) is 19.0 Å². The Morgan fingerprint density at radius 3 is 2.39 bits per heavy atom. The Morgan fingerprint density at radius 1 is 1.28 bits per heavy atom. The Morgan fingerprint density at radius 2 is 1.89 bits per heavy atom. The molecule has 0 amide bonds. The van der Waals surface area contributed by atoms with E-state index in [1.165, 1.54) is 0 Å². The van der Waals surface area contributed by atoms with Crippen molar-refractivity contribution in [2.75, 3.05) is 13.7 Å². The van der Waals surface area contributed by atoms with Crippen molar-refractivity contribution in [1.82, 2.24) is 9.97 Å². The molecule has 0 saturated carbocycles. The summed E-state index contributed by atoms with van der Waals surface area (Å²) in [6.07, 6.45) is 3.05. The number of methoxy groups -OCH3 is 1. The lowest BCUT2D eigenvalue weighted by Crippen LogP contribution is -2.40. The van der Waals surface area contributed by atoms with Crippen LogP contribution in [0.3, 0.4) is 0 Å². The van der Waals surface area contributed by atoms with Gasteiger partial charge in [-0.3, -0.25) is 4.98 Å². The molecule has 1 aromatic rings. The van der Waals surface area contributed by atoms with Crippen LogP contribution in [0.25, 0.3) is 0 Å². The van der Waals surface area contributed by atoms with Crippen molar-refractivity contribution in [2.45, 2.75) is 39.8 Å². The molecular weight excluding hydrogens is 230 g/mol. The zero-order chi connectivity index (χ0) is 13.8. The smallest absolute Gasteiger partial charge is 0.237 e. The molecule has 0 saturated heterocycles. The molecule has 5 heteroatoms. The van der Waals surface area contributed by atoms with E-state index in [1.807, 2.05) is 6.92 Å². The van der Waals surface area contributed by atoms with E-state index < -0.39 is 0 Å². The number of hydrogen-bond donors (Lipinski definition) is 1. The average molecular weight is 253 g/mol. The molecule has 1 rings (SSSR count). The molecule has 0 aromatic carbocycles. The maximum atomic E-state index is 6.28. The van der Waals surface area contributed by atoms with Crippen molar-refractivity contribution < 1.29 is 9.47 Å². The van der Waals surface area contributed by atoms with Gasteiger partial charge in [-0.05, 0) is 12.3 Å². The summed E-state index contributed by atoms with van der Waals surface area (Å²) in [6, 6.07) is -0.367. The van der Waals surface area contributed by atoms with Crippen LogP contribution in [0.15, 0.2) is 12.4 Å². The van der Waals surface area contributed by atoms with Gasteiger partial charge in [0.2, 0.25) is 5.88 Å². The molecule has 0 bridgehead atoms. The lowest BCUT2D eigenvalue weighted by atomic mass is 9.83. The Hall–Kier alpha value is -1.20. The van der Waals surface area contributed by atoms with E-state index >= 15 is 0 Å². The first kappa shape index (κ1) is 14.9. The van der Waals surface area contributed by atoms with Crippen LogP contribution in [0, 0.1) is 5.41 Å². The van der Waals surface area contributed by atoms with Crippen LogP contribution in [0.5, 0.6) is 5.88 Å². The Bertz CT molecular complexity index is 377. The van der Waals surface area contributed by atoms with Crippen LogP contribution in [0.2, 0.25) is 0 Å². The molecule has 18 heavy (non-hydrogen) atoms. The highest BCUT2D eigenvalue weighted by molar-refractivity contribution is 5.22. The number of rotatable bonds is 5. The molecule has 0 aliphatic heterocycles. The number of ether oxygens (including phenoxy) is 2. The van der Waals surface area contributed by atoms with Crippen molar-refractivity contribution in [3.05, 3.63) is 18.1 Å². The lowest BCUT2D eigenvalue weighted by molar-refractivity contribution is -0.0296. The normalized spacial score (nSPS) is 15.2. The minimum Gasteiger partial charge on any atom is -0.480 e. The zero-order valence-corrected chi connectivity index (χ0v) is 11.8. The lowest BCUT2D eigenvalue weighted by Gasteiger charge is -2.34. The van der Waals surface area contributed by atoms with E-state index in [-0.39, 0.29) is 17.6 Å². The molecule has 0 spiro atoms. The van der Waals surface area contributed by atoms with E-state index in [0.717, 1.165) is 0 Å². The highest BCUT2D eigenvalue weighted by atomic mass is 16.5. The molecule has 0 aliphatic carbocycles. The third kappa shape index (κ3) is 3.40. The second-order valence-corrected chi connectivity index (χ2v) is 5.22. The number of hydrogen-bond acceptors (Lipinski definition) is 5. The maximum Gasteiger partial charge on any atom is 0.237 e. The van der Waals surface area contributed by atoms with Gasteiger partial charge in [-0.1, -0.05) is 20.8 Å². The van der Waals surface area contributed by atoms with Crippen molar-refractivity contribution >= 4 is 0 Å². The molecular formula is C13H23N3O2. The van der Waals surface area contributed by atoms with Gasteiger partial charge in [0.05, 0.1) is 19.3 Å². The van der Waals surface area contributed by atoms with Crippen LogP contribution in [0.4, 0.5) is 0 Å². The summed E-state index contributed by atoms with van der Waals surface area (Å²) in [5.41, 5.74) is 6.83. The predicted octanol–water partition coefficient (Wildman–Crippen LogP) is 1.94. The predicted molar refractivity (Wildman–Crippen MR) is 70.4 cm³/mol. The van der Waals surface area contributed by atoms with Crippen LogP contribution in [-0.2, 0) is 4.74 Å². The van der Waals surface area contributed by atoms with E-state index in [1.54, 1.807) is 19.5 Å². The first-order chi connectivity index (χ1) is 8.41. The Labute approximate surface area is 109 Å². The molecule has 2 unspecified atom stereocenters. The van der Waals surface area contributed by atoms with Crippen LogP contribution in [0.1, 0.15) is 39.4 Å². The highest BCUT2D eigenvalue weighted by Gasteiger charge is 2.34. The van der Waals surface area contributed by atoms with Crippen LogP contribution < -0.4 is 10.5 Å². The number of nitrogens with zero attached hydrogens (tertiary/aromatic N) is 2. The summed E-state index contributed by atoms with van der Waals surface area (Å²) >= 11 is 0. The molecule has 5 nitrogen and oxygen atoms in total. The second kappa shape index (κ2) is 6.11. The third-order valence-corrected chi connectivity index (χ3v) is 2.73. The minimum absolute atomic E-state index is 0.0854. The third-order valence-electron chi connectivity index (χ3n) is 2.73. The number of nitrogens with two attached hydrogens (primary N) is 1. The molecule has 1 heterocycles. The Balaban J connectivity index is 3.05. The molecule has 2 atom stereocenters. The van der Waals surface area contributed by atoms with Gasteiger partial charge in [-0.15, -0.1) is 0 Å². The molecule has 102 valence electrons. The first-order valence-corrected chi connectivity index (χ1v) is 6.13. The summed E-state index contributed by atoms with van der Waals surface area (Å²) in [5.74, 6) is 0.457. The minimum atomic E-state index is -0.367. The summed E-state index contributed by atoms with van der Waals surface area (Å²) < 4.78 is 11.0. The fourth-order valence-corrected chi connectivity index (χ4v) is 1.94. The van der Waals surface area contributed by atoms with Gasteiger partial charge in [-0.25, -0.2) is 4.98 Å². The highest BCUT2D eigenvalue weighted by Crippen LogP contribution is 2.33. The SMILES string of the molecule is CCOC(C(N)c1nccnc1OC)C(C)(C)C. The van der Waals surface area contributed by atoms with Crippen molar-refractivity contribution in [3.63, 3.8) is 0 Å². The molecule has 1 aromatic heterocycles. The number of aromatic nitrogens is 2. The van der Waals surface area contributed by atoms with Crippen molar-refractivity contribution in [1.29, 1.82) is 0 Å². The summed E-state index contributed by atoms with van der Waals surface area (Å²) in [6.45, 7) is 8.85. The largest absolute Gasteiger partial charge is 0.480 e. The fourth-order valence-electron chi connectivity index (χ4n) is 1.94. The summed E-state index contributed by atoms with van der Waals surface area (Å²) in [5, 5.41) is 0. The summed E-state index contributed by atoms with van der Waals surface area (Å²) in [7, 11) is 1.56. The standard InChI is InChI=1S/C13H23N3O2/c1-6-18-11(13(2,3)4)9(14)10-12(17-5)16-8-7-15-10/h7-9,11H,6,14H2,1-5H3. The molecule has 2 N–H and O–H groups in total. The quantitative estimate of drug-likeness (QED) is 0.868. The topological polar surface area (TPSA) is 70.3 Å². The fraction of sp³-hybridized carbons (Fsp3) is 0.692. The van der Waals surface area contributed by atoms with E-state index in [9.17, 15) is 0 Å². The molecule has 0 fully saturated rings. The van der Waals surface area contributed by atoms with Crippen molar-refractivity contribution in [3.8, 4) is 5.88 Å². The molecule has 0 radical (unpaired) electrons. The monoisotopic (exact) mass is 253 g/mol. The van der Waals surface area contributed by atoms with Crippen LogP contribution in [-0.4, -0.2) is 29.8 Å². The van der Waals surface area contributed by atoms with E-state index in [4.69, 9.17) is 15.2 Å². The van der Waals surface area contributed by atoms with Gasteiger partial charge in [0.25, 0.3) is 0 Å². The zero-order valence-electron chi connectivity index (χ0n) is 11.8.